The summed E-state index contributed by atoms with van der Waals surface area (Å²) in [7, 11) is 0. The highest BCUT2D eigenvalue weighted by atomic mass is 16.6. The van der Waals surface area contributed by atoms with Crippen LogP contribution in [0.15, 0.2) is 0 Å². The van der Waals surface area contributed by atoms with Crippen LogP contribution in [0.2, 0.25) is 0 Å². The first kappa shape index (κ1) is 16.3. The van der Waals surface area contributed by atoms with Crippen LogP contribution in [0, 0.1) is 5.92 Å². The first-order chi connectivity index (χ1) is 10.3. The molecule has 0 bridgehead atoms. The van der Waals surface area contributed by atoms with Crippen molar-refractivity contribution in [1.82, 2.24) is 20.3 Å². The molecule has 1 fully saturated rings. The van der Waals surface area contributed by atoms with Crippen molar-refractivity contribution in [3.8, 4) is 0 Å². The summed E-state index contributed by atoms with van der Waals surface area (Å²) in [6, 6.07) is 0. The molecule has 1 heterocycles. The molecule has 0 aliphatic heterocycles. The van der Waals surface area contributed by atoms with Gasteiger partial charge in [0.05, 0.1) is 5.69 Å². The maximum absolute atomic E-state index is 11.6. The van der Waals surface area contributed by atoms with Gasteiger partial charge >= 0.3 is 12.1 Å². The Morgan fingerprint density at radius 1 is 1.41 bits per heavy atom. The van der Waals surface area contributed by atoms with Crippen molar-refractivity contribution >= 4 is 12.1 Å². The van der Waals surface area contributed by atoms with E-state index in [2.05, 4.69) is 15.6 Å². The Hall–Kier alpha value is -2.12. The van der Waals surface area contributed by atoms with Crippen molar-refractivity contribution < 1.29 is 19.4 Å². The first-order valence-electron chi connectivity index (χ1n) is 7.39. The quantitative estimate of drug-likeness (QED) is 0.823. The predicted octanol–water partition coefficient (Wildman–Crippen LogP) is 1.45. The van der Waals surface area contributed by atoms with E-state index in [1.54, 1.807) is 25.5 Å². The van der Waals surface area contributed by atoms with Crippen molar-refractivity contribution in [3.63, 3.8) is 0 Å². The summed E-state index contributed by atoms with van der Waals surface area (Å²) < 4.78 is 6.77. The summed E-state index contributed by atoms with van der Waals surface area (Å²) in [4.78, 5) is 22.8. The van der Waals surface area contributed by atoms with Crippen molar-refractivity contribution in [3.05, 3.63) is 11.4 Å². The van der Waals surface area contributed by atoms with Gasteiger partial charge in [0.2, 0.25) is 0 Å². The number of amides is 1. The number of alkyl carbamates (subject to hydrolysis) is 1. The monoisotopic (exact) mass is 310 g/mol. The minimum atomic E-state index is -1.10. The highest BCUT2D eigenvalue weighted by molar-refractivity contribution is 5.86. The third-order valence-electron chi connectivity index (χ3n) is 3.20. The Morgan fingerprint density at radius 3 is 2.64 bits per heavy atom. The standard InChI is InChI=1S/C14H22N4O4/c1-14(2,3)22-13(21)15-7-6-10-11(12(19)20)16-17-18(10)8-9-4-5-9/h9H,4-8H2,1-3H3,(H,15,21)(H,19,20). The van der Waals surface area contributed by atoms with Crippen molar-refractivity contribution in [2.75, 3.05) is 6.54 Å². The lowest BCUT2D eigenvalue weighted by Crippen LogP contribution is -2.34. The van der Waals surface area contributed by atoms with E-state index in [-0.39, 0.29) is 12.2 Å². The molecule has 122 valence electrons. The number of hydrogen-bond donors (Lipinski definition) is 2. The molecule has 0 unspecified atom stereocenters. The second kappa shape index (κ2) is 6.33. The Morgan fingerprint density at radius 2 is 2.09 bits per heavy atom. The number of rotatable bonds is 6. The number of carboxylic acids is 1. The number of aromatic carboxylic acids is 1. The predicted molar refractivity (Wildman–Crippen MR) is 77.6 cm³/mol. The van der Waals surface area contributed by atoms with Crippen LogP contribution in [-0.2, 0) is 17.7 Å². The lowest BCUT2D eigenvalue weighted by molar-refractivity contribution is 0.0528. The second-order valence-electron chi connectivity index (χ2n) is 6.49. The average Bonchev–Trinajstić information content (AvgIpc) is 3.08. The first-order valence-corrected chi connectivity index (χ1v) is 7.39. The number of aromatic nitrogens is 3. The number of ether oxygens (including phenoxy) is 1. The Labute approximate surface area is 128 Å². The topological polar surface area (TPSA) is 106 Å². The SMILES string of the molecule is CC(C)(C)OC(=O)NCCc1c(C(=O)O)nnn1CC1CC1. The molecule has 8 heteroatoms. The molecule has 2 N–H and O–H groups in total. The molecule has 2 rings (SSSR count). The van der Waals surface area contributed by atoms with Crippen LogP contribution in [-0.4, -0.2) is 44.3 Å². The maximum atomic E-state index is 11.6. The van der Waals surface area contributed by atoms with Crippen LogP contribution in [0.5, 0.6) is 0 Å². The van der Waals surface area contributed by atoms with E-state index in [0.717, 1.165) is 12.8 Å². The van der Waals surface area contributed by atoms with E-state index in [4.69, 9.17) is 9.84 Å². The van der Waals surface area contributed by atoms with Crippen molar-refractivity contribution in [2.24, 2.45) is 5.92 Å². The molecule has 1 aliphatic rings. The molecule has 1 aromatic heterocycles. The highest BCUT2D eigenvalue weighted by Crippen LogP contribution is 2.30. The van der Waals surface area contributed by atoms with Gasteiger partial charge in [-0.05, 0) is 39.5 Å². The third kappa shape index (κ3) is 4.71. The van der Waals surface area contributed by atoms with E-state index < -0.39 is 17.7 Å². The average molecular weight is 310 g/mol. The summed E-state index contributed by atoms with van der Waals surface area (Å²) in [6.45, 7) is 6.30. The number of nitrogens with one attached hydrogen (secondary N) is 1. The fourth-order valence-corrected chi connectivity index (χ4v) is 2.04. The zero-order valence-electron chi connectivity index (χ0n) is 13.1. The number of carbonyl (C=O) groups excluding carboxylic acids is 1. The van der Waals surface area contributed by atoms with Gasteiger partial charge in [-0.25, -0.2) is 14.3 Å². The summed E-state index contributed by atoms with van der Waals surface area (Å²) in [5, 5.41) is 19.4. The van der Waals surface area contributed by atoms with E-state index in [9.17, 15) is 9.59 Å². The largest absolute Gasteiger partial charge is 0.476 e. The summed E-state index contributed by atoms with van der Waals surface area (Å²) >= 11 is 0. The molecule has 0 aromatic carbocycles. The van der Waals surface area contributed by atoms with Crippen LogP contribution in [0.3, 0.4) is 0 Å². The van der Waals surface area contributed by atoms with E-state index in [1.807, 2.05) is 0 Å². The van der Waals surface area contributed by atoms with Gasteiger partial charge in [-0.15, -0.1) is 5.10 Å². The number of carboxylic acid groups (broad SMARTS) is 1. The van der Waals surface area contributed by atoms with E-state index >= 15 is 0 Å². The zero-order chi connectivity index (χ0) is 16.3. The zero-order valence-corrected chi connectivity index (χ0v) is 13.1. The molecule has 0 spiro atoms. The van der Waals surface area contributed by atoms with Crippen molar-refractivity contribution in [2.45, 2.75) is 52.2 Å². The molecule has 0 saturated heterocycles. The number of nitrogens with zero attached hydrogens (tertiary/aromatic N) is 3. The van der Waals surface area contributed by atoms with Gasteiger partial charge in [-0.1, -0.05) is 5.21 Å². The van der Waals surface area contributed by atoms with Crippen molar-refractivity contribution in [1.29, 1.82) is 0 Å². The van der Waals surface area contributed by atoms with Gasteiger partial charge in [0, 0.05) is 19.5 Å². The molecular weight excluding hydrogens is 288 g/mol. The summed E-state index contributed by atoms with van der Waals surface area (Å²) in [5.74, 6) is -0.546. The fraction of sp³-hybridized carbons (Fsp3) is 0.714. The van der Waals surface area contributed by atoms with Crippen LogP contribution < -0.4 is 5.32 Å². The number of hydrogen-bond acceptors (Lipinski definition) is 5. The third-order valence-corrected chi connectivity index (χ3v) is 3.20. The molecule has 8 nitrogen and oxygen atoms in total. The smallest absolute Gasteiger partial charge is 0.407 e. The molecule has 0 radical (unpaired) electrons. The lowest BCUT2D eigenvalue weighted by Gasteiger charge is -2.19. The summed E-state index contributed by atoms with van der Waals surface area (Å²) in [5.41, 5.74) is -0.0758. The fourth-order valence-electron chi connectivity index (χ4n) is 2.04. The van der Waals surface area contributed by atoms with Gasteiger partial charge in [-0.2, -0.15) is 0 Å². The van der Waals surface area contributed by atoms with Gasteiger partial charge in [0.15, 0.2) is 5.69 Å². The minimum Gasteiger partial charge on any atom is -0.476 e. The molecule has 0 atom stereocenters. The number of carbonyl (C=O) groups is 2. The Bertz CT molecular complexity index is 558. The van der Waals surface area contributed by atoms with E-state index in [0.29, 0.717) is 24.6 Å². The van der Waals surface area contributed by atoms with Gasteiger partial charge < -0.3 is 15.2 Å². The second-order valence-corrected chi connectivity index (χ2v) is 6.49. The lowest BCUT2D eigenvalue weighted by atomic mass is 10.2. The normalized spacial score (nSPS) is 14.7. The van der Waals surface area contributed by atoms with Crippen LogP contribution in [0.1, 0.15) is 49.8 Å². The van der Waals surface area contributed by atoms with Crippen LogP contribution in [0.4, 0.5) is 4.79 Å². The molecule has 1 saturated carbocycles. The highest BCUT2D eigenvalue weighted by Gasteiger charge is 2.26. The molecule has 22 heavy (non-hydrogen) atoms. The van der Waals surface area contributed by atoms with Gasteiger partial charge in [-0.3, -0.25) is 0 Å². The Balaban J connectivity index is 1.94. The summed E-state index contributed by atoms with van der Waals surface area (Å²) in [6.07, 6.45) is 2.10. The maximum Gasteiger partial charge on any atom is 0.407 e. The van der Waals surface area contributed by atoms with E-state index in [1.165, 1.54) is 0 Å². The van der Waals surface area contributed by atoms with Gasteiger partial charge in [0.25, 0.3) is 0 Å². The molecule has 1 aliphatic carbocycles. The minimum absolute atomic E-state index is 0.0494. The molecular formula is C14H22N4O4. The molecule has 1 aromatic rings. The Kier molecular flexibility index (Phi) is 4.68. The van der Waals surface area contributed by atoms with Crippen LogP contribution >= 0.6 is 0 Å². The van der Waals surface area contributed by atoms with Crippen LogP contribution in [0.25, 0.3) is 0 Å². The van der Waals surface area contributed by atoms with Gasteiger partial charge in [0.1, 0.15) is 5.60 Å². The molecule has 1 amide bonds.